The highest BCUT2D eigenvalue weighted by Gasteiger charge is 2.39. The lowest BCUT2D eigenvalue weighted by molar-refractivity contribution is -0.145. The van der Waals surface area contributed by atoms with Crippen LogP contribution in [-0.2, 0) is 25.7 Å². The van der Waals surface area contributed by atoms with Gasteiger partial charge < -0.3 is 26.0 Å². The van der Waals surface area contributed by atoms with E-state index in [1.54, 1.807) is 45.0 Å². The second-order valence-corrected chi connectivity index (χ2v) is 10.5. The summed E-state index contributed by atoms with van der Waals surface area (Å²) in [6.07, 6.45) is 5.24. The first-order valence-electron chi connectivity index (χ1n) is 13.3. The third-order valence-electron chi connectivity index (χ3n) is 6.24. The molecule has 3 unspecified atom stereocenters. The summed E-state index contributed by atoms with van der Waals surface area (Å²) >= 11 is 0. The topological polar surface area (TPSA) is 131 Å². The molecule has 0 fully saturated rings. The van der Waals surface area contributed by atoms with Gasteiger partial charge in [0, 0.05) is 24.6 Å². The van der Waals surface area contributed by atoms with Gasteiger partial charge in [0.25, 0.3) is 0 Å². The standard InChI is InChI=1S/C31H40N4O5/c1-7-21(3)35(29(38)25(18-19-26(32)36)34-30(39)40-31(4,5)6)27(24-17-13-12-16-23(24)8-2)28(37)33-20-22-14-10-9-11-15-22/h2,9-17,21,25,27H,7,18-20H2,1,3-6H3,(H2,32,36)(H,33,37)(H,34,39). The molecule has 0 radical (unpaired) electrons. The first-order valence-corrected chi connectivity index (χ1v) is 13.3. The zero-order valence-electron chi connectivity index (χ0n) is 23.9. The Labute approximate surface area is 236 Å². The fourth-order valence-corrected chi connectivity index (χ4v) is 4.14. The molecular formula is C31H40N4O5. The predicted octanol–water partition coefficient (Wildman–Crippen LogP) is 3.81. The molecule has 3 atom stereocenters. The minimum Gasteiger partial charge on any atom is -0.444 e. The number of ether oxygens (including phenoxy) is 1. The van der Waals surface area contributed by atoms with Crippen molar-refractivity contribution in [2.45, 2.75) is 84.2 Å². The third kappa shape index (κ3) is 9.45. The molecule has 0 aliphatic rings. The van der Waals surface area contributed by atoms with Crippen LogP contribution in [0.25, 0.3) is 0 Å². The average molecular weight is 549 g/mol. The summed E-state index contributed by atoms with van der Waals surface area (Å²) < 4.78 is 5.37. The predicted molar refractivity (Wildman–Crippen MR) is 154 cm³/mol. The number of carbonyl (C=O) groups is 4. The van der Waals surface area contributed by atoms with Crippen LogP contribution < -0.4 is 16.4 Å². The zero-order valence-corrected chi connectivity index (χ0v) is 23.9. The maximum absolute atomic E-state index is 14.2. The van der Waals surface area contributed by atoms with E-state index in [0.717, 1.165) is 5.56 Å². The Balaban J connectivity index is 2.56. The lowest BCUT2D eigenvalue weighted by atomic mass is 9.95. The molecular weight excluding hydrogens is 508 g/mol. The molecule has 9 nitrogen and oxygen atoms in total. The minimum absolute atomic E-state index is 0.0739. The average Bonchev–Trinajstić information content (AvgIpc) is 2.91. The smallest absolute Gasteiger partial charge is 0.408 e. The summed E-state index contributed by atoms with van der Waals surface area (Å²) in [4.78, 5) is 53.9. The molecule has 0 aliphatic heterocycles. The molecule has 0 saturated heterocycles. The highest BCUT2D eigenvalue weighted by atomic mass is 16.6. The summed E-state index contributed by atoms with van der Waals surface area (Å²) in [6.45, 7) is 9.02. The van der Waals surface area contributed by atoms with Crippen LogP contribution in [0, 0.1) is 12.3 Å². The summed E-state index contributed by atoms with van der Waals surface area (Å²) in [6, 6.07) is 13.6. The van der Waals surface area contributed by atoms with E-state index in [4.69, 9.17) is 16.9 Å². The summed E-state index contributed by atoms with van der Waals surface area (Å²) in [5.41, 5.74) is 6.36. The van der Waals surface area contributed by atoms with Crippen molar-refractivity contribution >= 4 is 23.8 Å². The van der Waals surface area contributed by atoms with Crippen LogP contribution in [0.5, 0.6) is 0 Å². The molecule has 0 saturated carbocycles. The Hall–Kier alpha value is -4.32. The van der Waals surface area contributed by atoms with E-state index in [1.165, 1.54) is 4.90 Å². The number of nitrogens with two attached hydrogens (primary N) is 1. The van der Waals surface area contributed by atoms with Crippen molar-refractivity contribution in [1.29, 1.82) is 0 Å². The van der Waals surface area contributed by atoms with Gasteiger partial charge in [-0.25, -0.2) is 4.79 Å². The van der Waals surface area contributed by atoms with Gasteiger partial charge in [0.05, 0.1) is 0 Å². The molecule has 2 aromatic carbocycles. The van der Waals surface area contributed by atoms with E-state index in [-0.39, 0.29) is 19.4 Å². The van der Waals surface area contributed by atoms with Crippen LogP contribution >= 0.6 is 0 Å². The third-order valence-corrected chi connectivity index (χ3v) is 6.24. The number of hydrogen-bond donors (Lipinski definition) is 3. The van der Waals surface area contributed by atoms with Crippen molar-refractivity contribution in [3.63, 3.8) is 0 Å². The van der Waals surface area contributed by atoms with Gasteiger partial charge in [-0.3, -0.25) is 14.4 Å². The summed E-state index contributed by atoms with van der Waals surface area (Å²) in [5, 5.41) is 5.52. The molecule has 0 spiro atoms. The van der Waals surface area contributed by atoms with Gasteiger partial charge in [-0.1, -0.05) is 61.4 Å². The normalized spacial score (nSPS) is 13.2. The second-order valence-electron chi connectivity index (χ2n) is 10.5. The Morgan fingerprint density at radius 3 is 2.25 bits per heavy atom. The number of carbonyl (C=O) groups excluding carboxylic acids is 4. The Morgan fingerprint density at radius 2 is 1.68 bits per heavy atom. The monoisotopic (exact) mass is 548 g/mol. The number of benzene rings is 2. The van der Waals surface area contributed by atoms with Gasteiger partial charge in [0.1, 0.15) is 17.7 Å². The van der Waals surface area contributed by atoms with Crippen LogP contribution in [0.3, 0.4) is 0 Å². The number of rotatable bonds is 12. The number of primary amides is 1. The molecule has 0 bridgehead atoms. The maximum Gasteiger partial charge on any atom is 0.408 e. The highest BCUT2D eigenvalue weighted by Crippen LogP contribution is 2.29. The van der Waals surface area contributed by atoms with Crippen molar-refractivity contribution in [3.05, 3.63) is 71.3 Å². The van der Waals surface area contributed by atoms with Gasteiger partial charge in [0.2, 0.25) is 17.7 Å². The molecule has 4 N–H and O–H groups in total. The van der Waals surface area contributed by atoms with Crippen LogP contribution in [0.1, 0.15) is 76.6 Å². The van der Waals surface area contributed by atoms with E-state index in [9.17, 15) is 19.2 Å². The fourth-order valence-electron chi connectivity index (χ4n) is 4.14. The van der Waals surface area contributed by atoms with Crippen molar-refractivity contribution < 1.29 is 23.9 Å². The Morgan fingerprint density at radius 1 is 1.05 bits per heavy atom. The number of amides is 4. The van der Waals surface area contributed by atoms with Gasteiger partial charge in [0.15, 0.2) is 0 Å². The fraction of sp³-hybridized carbons (Fsp3) is 0.419. The van der Waals surface area contributed by atoms with Crippen molar-refractivity contribution in [2.24, 2.45) is 5.73 Å². The van der Waals surface area contributed by atoms with E-state index in [2.05, 4.69) is 16.6 Å². The van der Waals surface area contributed by atoms with Crippen LogP contribution in [0.2, 0.25) is 0 Å². The molecule has 0 aromatic heterocycles. The van der Waals surface area contributed by atoms with Crippen LogP contribution in [-0.4, -0.2) is 46.4 Å². The molecule has 4 amide bonds. The van der Waals surface area contributed by atoms with Gasteiger partial charge >= 0.3 is 6.09 Å². The minimum atomic E-state index is -1.18. The SMILES string of the molecule is C#Cc1ccccc1C(C(=O)NCc1ccccc1)N(C(=O)C(CCC(N)=O)NC(=O)OC(C)(C)C)C(C)CC. The molecule has 9 heteroatoms. The molecule has 2 rings (SSSR count). The largest absolute Gasteiger partial charge is 0.444 e. The van der Waals surface area contributed by atoms with Crippen LogP contribution in [0.15, 0.2) is 54.6 Å². The van der Waals surface area contributed by atoms with Crippen molar-refractivity contribution in [1.82, 2.24) is 15.5 Å². The Kier molecular flexibility index (Phi) is 11.7. The lowest BCUT2D eigenvalue weighted by Crippen LogP contribution is -2.55. The number of terminal acetylenes is 1. The Bertz CT molecular complexity index is 1220. The first-order chi connectivity index (χ1) is 18.9. The van der Waals surface area contributed by atoms with Gasteiger partial charge in [-0.05, 0) is 57.7 Å². The highest BCUT2D eigenvalue weighted by molar-refractivity contribution is 5.93. The molecule has 40 heavy (non-hydrogen) atoms. The summed E-state index contributed by atoms with van der Waals surface area (Å²) in [5.74, 6) is 0.982. The van der Waals surface area contributed by atoms with Crippen molar-refractivity contribution in [2.75, 3.05) is 0 Å². The molecule has 2 aromatic rings. The van der Waals surface area contributed by atoms with Gasteiger partial charge in [-0.15, -0.1) is 6.42 Å². The second kappa shape index (κ2) is 14.7. The van der Waals surface area contributed by atoms with E-state index in [1.807, 2.05) is 44.2 Å². The van der Waals surface area contributed by atoms with E-state index in [0.29, 0.717) is 17.5 Å². The maximum atomic E-state index is 14.2. The van der Waals surface area contributed by atoms with Crippen molar-refractivity contribution in [3.8, 4) is 12.3 Å². The number of nitrogens with one attached hydrogen (secondary N) is 2. The zero-order chi connectivity index (χ0) is 29.9. The molecule has 0 aliphatic carbocycles. The number of hydrogen-bond acceptors (Lipinski definition) is 5. The van der Waals surface area contributed by atoms with Gasteiger partial charge in [-0.2, -0.15) is 0 Å². The number of alkyl carbamates (subject to hydrolysis) is 1. The quantitative estimate of drug-likeness (QED) is 0.347. The van der Waals surface area contributed by atoms with Crippen LogP contribution in [0.4, 0.5) is 4.79 Å². The van der Waals surface area contributed by atoms with E-state index < -0.39 is 47.5 Å². The van der Waals surface area contributed by atoms with E-state index >= 15 is 0 Å². The molecule has 214 valence electrons. The first kappa shape index (κ1) is 31.9. The summed E-state index contributed by atoms with van der Waals surface area (Å²) in [7, 11) is 0. The molecule has 0 heterocycles. The number of nitrogens with zero attached hydrogens (tertiary/aromatic N) is 1. The lowest BCUT2D eigenvalue weighted by Gasteiger charge is -2.38.